The molecule has 4 rings (SSSR count). The van der Waals surface area contributed by atoms with Gasteiger partial charge < -0.3 is 4.98 Å². The summed E-state index contributed by atoms with van der Waals surface area (Å²) in [6, 6.07) is 8.62. The number of H-pyrrole nitrogens is 1. The highest BCUT2D eigenvalue weighted by Gasteiger charge is 2.29. The van der Waals surface area contributed by atoms with Gasteiger partial charge in [0.1, 0.15) is 5.82 Å². The number of hydrogen-bond donors (Lipinski definition) is 1. The number of benzene rings is 1. The minimum Gasteiger partial charge on any atom is -0.341 e. The Bertz CT molecular complexity index is 708. The molecular formula is C14H14BrN5. The van der Waals surface area contributed by atoms with E-state index >= 15 is 0 Å². The van der Waals surface area contributed by atoms with E-state index in [1.165, 1.54) is 0 Å². The monoisotopic (exact) mass is 331 g/mol. The van der Waals surface area contributed by atoms with Crippen LogP contribution in [0.25, 0.3) is 11.0 Å². The van der Waals surface area contributed by atoms with E-state index in [1.54, 1.807) is 0 Å². The van der Waals surface area contributed by atoms with Crippen molar-refractivity contribution in [3.05, 3.63) is 47.0 Å². The Labute approximate surface area is 124 Å². The zero-order valence-electron chi connectivity index (χ0n) is 10.8. The first-order valence-corrected chi connectivity index (χ1v) is 7.43. The third-order valence-corrected chi connectivity index (χ3v) is 4.10. The lowest BCUT2D eigenvalue weighted by molar-refractivity contribution is 0.0884. The average molecular weight is 332 g/mol. The van der Waals surface area contributed by atoms with E-state index in [0.29, 0.717) is 6.04 Å². The predicted molar refractivity (Wildman–Crippen MR) is 80.3 cm³/mol. The smallest absolute Gasteiger partial charge is 0.121 e. The highest BCUT2D eigenvalue weighted by atomic mass is 79.9. The lowest BCUT2D eigenvalue weighted by Crippen LogP contribution is -2.47. The fourth-order valence-electron chi connectivity index (χ4n) is 2.65. The van der Waals surface area contributed by atoms with Gasteiger partial charge in [-0.15, -0.1) is 0 Å². The molecule has 1 saturated heterocycles. The zero-order valence-corrected chi connectivity index (χ0v) is 12.4. The number of para-hydroxylation sites is 2. The number of halogens is 1. The van der Waals surface area contributed by atoms with Crippen LogP contribution in [0, 0.1) is 0 Å². The van der Waals surface area contributed by atoms with Crippen molar-refractivity contribution in [2.24, 2.45) is 0 Å². The molecule has 3 aromatic rings. The van der Waals surface area contributed by atoms with Crippen molar-refractivity contribution in [2.45, 2.75) is 12.6 Å². The molecule has 1 aromatic carbocycles. The fraction of sp³-hybridized carbons (Fsp3) is 0.286. The molecule has 1 fully saturated rings. The van der Waals surface area contributed by atoms with Crippen molar-refractivity contribution >= 4 is 27.0 Å². The molecule has 0 unspecified atom stereocenters. The number of likely N-dealkylation sites (tertiary alicyclic amines) is 1. The van der Waals surface area contributed by atoms with E-state index in [1.807, 2.05) is 35.3 Å². The molecule has 0 radical (unpaired) electrons. The standard InChI is InChI=1S/C14H14BrN5/c15-10-5-16-20(6-10)11-7-19(8-11)9-14-17-12-3-1-2-4-13(12)18-14/h1-6,11H,7-9H2,(H,17,18). The van der Waals surface area contributed by atoms with Gasteiger partial charge in [0.15, 0.2) is 0 Å². The van der Waals surface area contributed by atoms with Gasteiger partial charge in [0.25, 0.3) is 0 Å². The molecule has 0 saturated carbocycles. The topological polar surface area (TPSA) is 49.7 Å². The van der Waals surface area contributed by atoms with Crippen molar-refractivity contribution in [3.8, 4) is 0 Å². The summed E-state index contributed by atoms with van der Waals surface area (Å²) in [5.41, 5.74) is 2.14. The molecule has 2 aromatic heterocycles. The van der Waals surface area contributed by atoms with Crippen molar-refractivity contribution in [1.82, 2.24) is 24.6 Å². The van der Waals surface area contributed by atoms with Crippen LogP contribution in [0.1, 0.15) is 11.9 Å². The first kappa shape index (κ1) is 12.1. The predicted octanol–water partition coefficient (Wildman–Crippen LogP) is 2.58. The first-order chi connectivity index (χ1) is 9.78. The summed E-state index contributed by atoms with van der Waals surface area (Å²) in [5.74, 6) is 1.03. The van der Waals surface area contributed by atoms with E-state index in [0.717, 1.165) is 41.0 Å². The van der Waals surface area contributed by atoms with Gasteiger partial charge in [0.2, 0.25) is 0 Å². The van der Waals surface area contributed by atoms with Crippen LogP contribution in [0.15, 0.2) is 41.1 Å². The molecule has 0 amide bonds. The van der Waals surface area contributed by atoms with Crippen LogP contribution in [0.3, 0.4) is 0 Å². The van der Waals surface area contributed by atoms with E-state index in [4.69, 9.17) is 0 Å². The molecule has 6 heteroatoms. The van der Waals surface area contributed by atoms with Gasteiger partial charge in [0.05, 0.1) is 34.3 Å². The number of aromatic nitrogens is 4. The maximum atomic E-state index is 4.61. The Kier molecular flexibility index (Phi) is 2.85. The number of fused-ring (bicyclic) bond motifs is 1. The van der Waals surface area contributed by atoms with E-state index in [9.17, 15) is 0 Å². The normalized spacial score (nSPS) is 16.6. The SMILES string of the molecule is Brc1cnn(C2CN(Cc3nc4ccccc4[nH]3)C2)c1. The molecule has 1 aliphatic rings. The highest BCUT2D eigenvalue weighted by Crippen LogP contribution is 2.23. The van der Waals surface area contributed by atoms with Crippen LogP contribution in [-0.4, -0.2) is 37.7 Å². The number of nitrogens with one attached hydrogen (secondary N) is 1. The van der Waals surface area contributed by atoms with Crippen molar-refractivity contribution in [2.75, 3.05) is 13.1 Å². The molecule has 20 heavy (non-hydrogen) atoms. The van der Waals surface area contributed by atoms with E-state index < -0.39 is 0 Å². The van der Waals surface area contributed by atoms with Crippen LogP contribution < -0.4 is 0 Å². The third kappa shape index (κ3) is 2.14. The second kappa shape index (κ2) is 4.71. The second-order valence-electron chi connectivity index (χ2n) is 5.19. The minimum atomic E-state index is 0.477. The molecule has 3 heterocycles. The first-order valence-electron chi connectivity index (χ1n) is 6.63. The summed E-state index contributed by atoms with van der Waals surface area (Å²) in [7, 11) is 0. The molecule has 102 valence electrons. The molecule has 1 N–H and O–H groups in total. The Balaban J connectivity index is 1.41. The minimum absolute atomic E-state index is 0.477. The lowest BCUT2D eigenvalue weighted by Gasteiger charge is -2.38. The maximum absolute atomic E-state index is 4.61. The summed E-state index contributed by atoms with van der Waals surface area (Å²) in [4.78, 5) is 10.4. The summed E-state index contributed by atoms with van der Waals surface area (Å²) >= 11 is 3.43. The third-order valence-electron chi connectivity index (χ3n) is 3.69. The molecule has 1 aliphatic heterocycles. The molecule has 0 spiro atoms. The summed E-state index contributed by atoms with van der Waals surface area (Å²) in [6.07, 6.45) is 3.87. The van der Waals surface area contributed by atoms with Crippen LogP contribution in [-0.2, 0) is 6.54 Å². The molecular weight excluding hydrogens is 318 g/mol. The summed E-state index contributed by atoms with van der Waals surface area (Å²) in [5, 5.41) is 4.33. The van der Waals surface area contributed by atoms with Gasteiger partial charge in [-0.25, -0.2) is 4.98 Å². The van der Waals surface area contributed by atoms with Crippen LogP contribution in [0.2, 0.25) is 0 Å². The number of hydrogen-bond acceptors (Lipinski definition) is 3. The van der Waals surface area contributed by atoms with Crippen molar-refractivity contribution in [1.29, 1.82) is 0 Å². The van der Waals surface area contributed by atoms with Gasteiger partial charge in [-0.3, -0.25) is 9.58 Å². The van der Waals surface area contributed by atoms with E-state index in [2.05, 4.69) is 42.0 Å². The zero-order chi connectivity index (χ0) is 13.5. The van der Waals surface area contributed by atoms with Crippen LogP contribution >= 0.6 is 15.9 Å². The Morgan fingerprint density at radius 3 is 2.90 bits per heavy atom. The van der Waals surface area contributed by atoms with Crippen LogP contribution in [0.4, 0.5) is 0 Å². The Morgan fingerprint density at radius 1 is 1.30 bits per heavy atom. The fourth-order valence-corrected chi connectivity index (χ4v) is 2.95. The number of imidazole rings is 1. The summed E-state index contributed by atoms with van der Waals surface area (Å²) in [6.45, 7) is 2.91. The van der Waals surface area contributed by atoms with Gasteiger partial charge in [-0.1, -0.05) is 12.1 Å². The van der Waals surface area contributed by atoms with E-state index in [-0.39, 0.29) is 0 Å². The second-order valence-corrected chi connectivity index (χ2v) is 6.10. The molecule has 0 atom stereocenters. The van der Waals surface area contributed by atoms with Gasteiger partial charge in [0, 0.05) is 19.3 Å². The van der Waals surface area contributed by atoms with Gasteiger partial charge in [-0.2, -0.15) is 5.10 Å². The van der Waals surface area contributed by atoms with Crippen LogP contribution in [0.5, 0.6) is 0 Å². The quantitative estimate of drug-likeness (QED) is 0.802. The Hall–Kier alpha value is -1.66. The maximum Gasteiger partial charge on any atom is 0.121 e. The lowest BCUT2D eigenvalue weighted by atomic mass is 10.1. The number of rotatable bonds is 3. The molecule has 0 bridgehead atoms. The largest absolute Gasteiger partial charge is 0.341 e. The summed E-state index contributed by atoms with van der Waals surface area (Å²) < 4.78 is 3.06. The average Bonchev–Trinajstić information content (AvgIpc) is 2.98. The Morgan fingerprint density at radius 2 is 2.15 bits per heavy atom. The molecule has 5 nitrogen and oxygen atoms in total. The van der Waals surface area contributed by atoms with Gasteiger partial charge >= 0.3 is 0 Å². The van der Waals surface area contributed by atoms with Gasteiger partial charge in [-0.05, 0) is 28.1 Å². The molecule has 0 aliphatic carbocycles. The van der Waals surface area contributed by atoms with Crippen molar-refractivity contribution in [3.63, 3.8) is 0 Å². The number of aromatic amines is 1. The number of nitrogens with zero attached hydrogens (tertiary/aromatic N) is 4. The van der Waals surface area contributed by atoms with Crippen molar-refractivity contribution < 1.29 is 0 Å². The highest BCUT2D eigenvalue weighted by molar-refractivity contribution is 9.10.